The first-order valence-electron chi connectivity index (χ1n) is 5.39. The summed E-state index contributed by atoms with van der Waals surface area (Å²) in [7, 11) is 1.58. The quantitative estimate of drug-likeness (QED) is 0.656. The molecule has 6 nitrogen and oxygen atoms in total. The van der Waals surface area contributed by atoms with Gasteiger partial charge in [0.1, 0.15) is 12.4 Å². The van der Waals surface area contributed by atoms with Crippen LogP contribution in [0.4, 0.5) is 0 Å². The molecule has 18 heavy (non-hydrogen) atoms. The lowest BCUT2D eigenvalue weighted by molar-refractivity contribution is -0.143. The zero-order valence-corrected chi connectivity index (χ0v) is 10.1. The largest absolute Gasteiger partial charge is 0.497 e. The zero-order valence-electron chi connectivity index (χ0n) is 10.1. The number of primary amides is 1. The molecule has 0 saturated carbocycles. The van der Waals surface area contributed by atoms with Crippen molar-refractivity contribution in [3.63, 3.8) is 0 Å². The Morgan fingerprint density at radius 2 is 1.89 bits per heavy atom. The molecular formula is C12H16N2O4. The normalized spacial score (nSPS) is 9.83. The molecule has 0 aliphatic heterocycles. The third-order valence-corrected chi connectivity index (χ3v) is 2.13. The second kappa shape index (κ2) is 7.29. The van der Waals surface area contributed by atoms with Gasteiger partial charge in [-0.25, -0.2) is 0 Å². The van der Waals surface area contributed by atoms with Crippen molar-refractivity contribution in [3.8, 4) is 5.75 Å². The van der Waals surface area contributed by atoms with Crippen LogP contribution in [0.3, 0.4) is 0 Å². The van der Waals surface area contributed by atoms with Crippen molar-refractivity contribution in [3.05, 3.63) is 29.8 Å². The van der Waals surface area contributed by atoms with Crippen LogP contribution >= 0.6 is 0 Å². The average molecular weight is 252 g/mol. The highest BCUT2D eigenvalue weighted by Crippen LogP contribution is 2.11. The predicted molar refractivity (Wildman–Crippen MR) is 64.9 cm³/mol. The Labute approximate surface area is 105 Å². The minimum absolute atomic E-state index is 0.0426. The number of hydrogen-bond donors (Lipinski definition) is 2. The molecule has 0 spiro atoms. The third kappa shape index (κ3) is 5.31. The van der Waals surface area contributed by atoms with E-state index in [0.717, 1.165) is 11.3 Å². The van der Waals surface area contributed by atoms with Gasteiger partial charge in [0.25, 0.3) is 0 Å². The van der Waals surface area contributed by atoms with Crippen LogP contribution in [0, 0.1) is 0 Å². The van der Waals surface area contributed by atoms with E-state index in [-0.39, 0.29) is 19.7 Å². The van der Waals surface area contributed by atoms with Gasteiger partial charge in [-0.15, -0.1) is 0 Å². The maximum absolute atomic E-state index is 11.3. The maximum atomic E-state index is 11.3. The molecule has 0 radical (unpaired) electrons. The van der Waals surface area contributed by atoms with E-state index < -0.39 is 11.9 Å². The number of carbonyl (C=O) groups excluding carboxylic acids is 2. The van der Waals surface area contributed by atoms with Crippen LogP contribution in [0.1, 0.15) is 5.56 Å². The molecule has 0 aliphatic carbocycles. The van der Waals surface area contributed by atoms with Gasteiger partial charge in [0.2, 0.25) is 5.91 Å². The molecule has 0 unspecified atom stereocenters. The fourth-order valence-electron chi connectivity index (χ4n) is 1.22. The van der Waals surface area contributed by atoms with E-state index in [4.69, 9.17) is 15.2 Å². The standard InChI is InChI=1S/C12H16N2O4/c1-17-10-4-2-9(3-5-10)8-18-12(16)7-14-6-11(13)15/h2-5,14H,6-8H2,1H3,(H2,13,15). The van der Waals surface area contributed by atoms with Crippen LogP contribution < -0.4 is 15.8 Å². The second-order valence-corrected chi connectivity index (χ2v) is 3.58. The van der Waals surface area contributed by atoms with Crippen molar-refractivity contribution >= 4 is 11.9 Å². The first-order chi connectivity index (χ1) is 8.61. The fraction of sp³-hybridized carbons (Fsp3) is 0.333. The van der Waals surface area contributed by atoms with Crippen molar-refractivity contribution in [2.45, 2.75) is 6.61 Å². The number of amides is 1. The predicted octanol–water partition coefficient (Wildman–Crippen LogP) is -0.187. The van der Waals surface area contributed by atoms with E-state index in [0.29, 0.717) is 0 Å². The SMILES string of the molecule is COc1ccc(COC(=O)CNCC(N)=O)cc1. The van der Waals surface area contributed by atoms with Crippen LogP contribution in [0.5, 0.6) is 5.75 Å². The van der Waals surface area contributed by atoms with E-state index in [1.807, 2.05) is 12.1 Å². The Morgan fingerprint density at radius 3 is 2.44 bits per heavy atom. The minimum atomic E-state index is -0.516. The van der Waals surface area contributed by atoms with Gasteiger partial charge in [0.15, 0.2) is 0 Å². The van der Waals surface area contributed by atoms with Gasteiger partial charge >= 0.3 is 5.97 Å². The van der Waals surface area contributed by atoms with Crippen molar-refractivity contribution in [2.75, 3.05) is 20.2 Å². The molecule has 3 N–H and O–H groups in total. The molecule has 0 saturated heterocycles. The van der Waals surface area contributed by atoms with Gasteiger partial charge in [-0.05, 0) is 17.7 Å². The van der Waals surface area contributed by atoms with Crippen molar-refractivity contribution in [1.82, 2.24) is 5.32 Å². The summed E-state index contributed by atoms with van der Waals surface area (Å²) >= 11 is 0. The molecule has 0 aromatic heterocycles. The summed E-state index contributed by atoms with van der Waals surface area (Å²) < 4.78 is 10.00. The molecule has 0 atom stereocenters. The lowest BCUT2D eigenvalue weighted by Crippen LogP contribution is -2.33. The van der Waals surface area contributed by atoms with E-state index in [9.17, 15) is 9.59 Å². The average Bonchev–Trinajstić information content (AvgIpc) is 2.36. The monoisotopic (exact) mass is 252 g/mol. The second-order valence-electron chi connectivity index (χ2n) is 3.58. The molecule has 0 heterocycles. The fourth-order valence-corrected chi connectivity index (χ4v) is 1.22. The van der Waals surface area contributed by atoms with E-state index in [2.05, 4.69) is 5.32 Å². The molecule has 1 rings (SSSR count). The summed E-state index contributed by atoms with van der Waals surface area (Å²) in [6.07, 6.45) is 0. The Balaban J connectivity index is 2.26. The maximum Gasteiger partial charge on any atom is 0.320 e. The van der Waals surface area contributed by atoms with Crippen molar-refractivity contribution in [2.24, 2.45) is 5.73 Å². The van der Waals surface area contributed by atoms with Crippen LogP contribution in [-0.2, 0) is 20.9 Å². The topological polar surface area (TPSA) is 90.7 Å². The summed E-state index contributed by atoms with van der Waals surface area (Å²) in [5, 5.41) is 2.57. The first-order valence-corrected chi connectivity index (χ1v) is 5.39. The number of rotatable bonds is 7. The summed E-state index contributed by atoms with van der Waals surface area (Å²) in [6.45, 7) is 0.0950. The van der Waals surface area contributed by atoms with E-state index >= 15 is 0 Å². The van der Waals surface area contributed by atoms with Gasteiger partial charge in [-0.2, -0.15) is 0 Å². The molecule has 0 aliphatic rings. The van der Waals surface area contributed by atoms with Crippen LogP contribution in [0.2, 0.25) is 0 Å². The minimum Gasteiger partial charge on any atom is -0.497 e. The third-order valence-electron chi connectivity index (χ3n) is 2.13. The lowest BCUT2D eigenvalue weighted by atomic mass is 10.2. The number of benzene rings is 1. The number of carbonyl (C=O) groups is 2. The Kier molecular flexibility index (Phi) is 5.66. The number of ether oxygens (including phenoxy) is 2. The number of hydrogen-bond acceptors (Lipinski definition) is 5. The molecule has 1 aromatic carbocycles. The summed E-state index contributed by atoms with van der Waals surface area (Å²) in [5.74, 6) is -0.210. The molecule has 6 heteroatoms. The molecule has 1 aromatic rings. The number of nitrogens with one attached hydrogen (secondary N) is 1. The Morgan fingerprint density at radius 1 is 1.22 bits per heavy atom. The molecular weight excluding hydrogens is 236 g/mol. The first kappa shape index (κ1) is 14.0. The van der Waals surface area contributed by atoms with Crippen molar-refractivity contribution in [1.29, 1.82) is 0 Å². The highest BCUT2D eigenvalue weighted by Gasteiger charge is 2.04. The number of esters is 1. The van der Waals surface area contributed by atoms with E-state index in [1.165, 1.54) is 0 Å². The van der Waals surface area contributed by atoms with Gasteiger partial charge in [-0.3, -0.25) is 14.9 Å². The number of methoxy groups -OCH3 is 1. The smallest absolute Gasteiger partial charge is 0.320 e. The Bertz CT molecular complexity index is 403. The highest BCUT2D eigenvalue weighted by atomic mass is 16.5. The van der Waals surface area contributed by atoms with Gasteiger partial charge in [0, 0.05) is 0 Å². The summed E-state index contributed by atoms with van der Waals surface area (Å²) in [5.41, 5.74) is 5.77. The van der Waals surface area contributed by atoms with Gasteiger partial charge in [0.05, 0.1) is 20.2 Å². The zero-order chi connectivity index (χ0) is 13.4. The van der Waals surface area contributed by atoms with Crippen LogP contribution in [0.25, 0.3) is 0 Å². The Hall–Kier alpha value is -2.08. The van der Waals surface area contributed by atoms with Crippen LogP contribution in [-0.4, -0.2) is 32.1 Å². The lowest BCUT2D eigenvalue weighted by Gasteiger charge is -2.06. The molecule has 98 valence electrons. The molecule has 1 amide bonds. The van der Waals surface area contributed by atoms with Crippen molar-refractivity contribution < 1.29 is 19.1 Å². The van der Waals surface area contributed by atoms with Gasteiger partial charge in [-0.1, -0.05) is 12.1 Å². The molecule has 0 bridgehead atoms. The summed E-state index contributed by atoms with van der Waals surface area (Å²) in [4.78, 5) is 21.7. The van der Waals surface area contributed by atoms with Gasteiger partial charge < -0.3 is 15.2 Å². The highest BCUT2D eigenvalue weighted by molar-refractivity contribution is 5.77. The van der Waals surface area contributed by atoms with Crippen LogP contribution in [0.15, 0.2) is 24.3 Å². The summed E-state index contributed by atoms with van der Waals surface area (Å²) in [6, 6.07) is 7.19. The number of nitrogens with two attached hydrogens (primary N) is 1. The van der Waals surface area contributed by atoms with E-state index in [1.54, 1.807) is 19.2 Å². The molecule has 0 fully saturated rings.